The molecule has 0 unspecified atom stereocenters. The maximum absolute atomic E-state index is 11.3. The minimum absolute atomic E-state index is 0.125. The highest BCUT2D eigenvalue weighted by atomic mass is 16.4. The second-order valence-corrected chi connectivity index (χ2v) is 3.48. The molecule has 1 aromatic rings. The summed E-state index contributed by atoms with van der Waals surface area (Å²) in [6, 6.07) is 1.29. The zero-order chi connectivity index (χ0) is 12.0. The summed E-state index contributed by atoms with van der Waals surface area (Å²) < 4.78 is 1.11. The van der Waals surface area contributed by atoms with E-state index >= 15 is 0 Å². The molecule has 0 radical (unpaired) electrons. The Morgan fingerprint density at radius 3 is 2.69 bits per heavy atom. The molecule has 0 bridgehead atoms. The van der Waals surface area contributed by atoms with Crippen molar-refractivity contribution in [1.29, 1.82) is 0 Å². The summed E-state index contributed by atoms with van der Waals surface area (Å²) in [5.74, 6) is -0.824. The highest BCUT2D eigenvalue weighted by molar-refractivity contribution is 5.66. The number of nitrogens with zero attached hydrogens (tertiary/aromatic N) is 1. The molecule has 1 heterocycles. The molecule has 88 valence electrons. The van der Waals surface area contributed by atoms with Crippen molar-refractivity contribution in [1.82, 2.24) is 9.55 Å². The summed E-state index contributed by atoms with van der Waals surface area (Å²) in [5, 5.41) is 8.41. The molecule has 0 fully saturated rings. The molecule has 0 aliphatic rings. The number of unbranched alkanes of at least 4 members (excludes halogenated alkanes) is 2. The highest BCUT2D eigenvalue weighted by Crippen LogP contribution is 2.00. The van der Waals surface area contributed by atoms with Crippen LogP contribution in [-0.4, -0.2) is 20.6 Å². The van der Waals surface area contributed by atoms with Crippen molar-refractivity contribution in [3.63, 3.8) is 0 Å². The lowest BCUT2D eigenvalue weighted by molar-refractivity contribution is -0.137. The van der Waals surface area contributed by atoms with Gasteiger partial charge in [-0.25, -0.2) is 4.79 Å². The van der Waals surface area contributed by atoms with Gasteiger partial charge < -0.3 is 10.1 Å². The second-order valence-electron chi connectivity index (χ2n) is 3.48. The van der Waals surface area contributed by atoms with Crippen LogP contribution in [0.5, 0.6) is 0 Å². The molecule has 0 aliphatic carbocycles. The van der Waals surface area contributed by atoms with Crippen LogP contribution in [0.3, 0.4) is 0 Å². The van der Waals surface area contributed by atoms with Crippen LogP contribution in [0, 0.1) is 0 Å². The van der Waals surface area contributed by atoms with Crippen molar-refractivity contribution in [2.24, 2.45) is 0 Å². The van der Waals surface area contributed by atoms with E-state index in [1.54, 1.807) is 0 Å². The first-order valence-electron chi connectivity index (χ1n) is 5.11. The Hall–Kier alpha value is -1.85. The van der Waals surface area contributed by atoms with Gasteiger partial charge in [0, 0.05) is 25.2 Å². The Morgan fingerprint density at radius 2 is 2.06 bits per heavy atom. The van der Waals surface area contributed by atoms with E-state index in [2.05, 4.69) is 4.98 Å². The molecule has 1 rings (SSSR count). The average Bonchev–Trinajstić information content (AvgIpc) is 2.21. The third kappa shape index (κ3) is 3.72. The van der Waals surface area contributed by atoms with Crippen LogP contribution in [-0.2, 0) is 11.3 Å². The van der Waals surface area contributed by atoms with Crippen LogP contribution in [0.4, 0.5) is 0 Å². The summed E-state index contributed by atoms with van der Waals surface area (Å²) in [4.78, 5) is 35.1. The standard InChI is InChI=1S/C10H14N2O4/c13-8-5-6-11-10(16)12(8)7-3-1-2-4-9(14)15/h5-6H,1-4,7H2,(H,11,16)(H,14,15). The number of carbonyl (C=O) groups is 1. The lowest BCUT2D eigenvalue weighted by atomic mass is 10.2. The number of aliphatic carboxylic acids is 1. The first-order valence-corrected chi connectivity index (χ1v) is 5.11. The van der Waals surface area contributed by atoms with E-state index in [9.17, 15) is 14.4 Å². The molecule has 16 heavy (non-hydrogen) atoms. The van der Waals surface area contributed by atoms with E-state index in [1.165, 1.54) is 12.3 Å². The number of carboxylic acid groups (broad SMARTS) is 1. The van der Waals surface area contributed by atoms with Crippen LogP contribution >= 0.6 is 0 Å². The van der Waals surface area contributed by atoms with Gasteiger partial charge in [-0.15, -0.1) is 0 Å². The van der Waals surface area contributed by atoms with Gasteiger partial charge in [-0.05, 0) is 12.8 Å². The van der Waals surface area contributed by atoms with Crippen LogP contribution in [0.25, 0.3) is 0 Å². The van der Waals surface area contributed by atoms with Gasteiger partial charge in [-0.1, -0.05) is 6.42 Å². The molecule has 2 N–H and O–H groups in total. The Bertz CT molecular complexity index is 432. The molecular weight excluding hydrogens is 212 g/mol. The van der Waals surface area contributed by atoms with Gasteiger partial charge >= 0.3 is 11.7 Å². The largest absolute Gasteiger partial charge is 0.481 e. The van der Waals surface area contributed by atoms with E-state index < -0.39 is 11.7 Å². The van der Waals surface area contributed by atoms with Gasteiger partial charge in [0.15, 0.2) is 0 Å². The summed E-state index contributed by atoms with van der Waals surface area (Å²) >= 11 is 0. The van der Waals surface area contributed by atoms with E-state index in [0.29, 0.717) is 25.8 Å². The monoisotopic (exact) mass is 226 g/mol. The van der Waals surface area contributed by atoms with Crippen molar-refractivity contribution in [3.8, 4) is 0 Å². The molecule has 0 saturated heterocycles. The lowest BCUT2D eigenvalue weighted by Crippen LogP contribution is -2.33. The predicted octanol–water partition coefficient (Wildman–Crippen LogP) is 0.182. The van der Waals surface area contributed by atoms with Crippen molar-refractivity contribution < 1.29 is 9.90 Å². The molecule has 6 heteroatoms. The second kappa shape index (κ2) is 5.89. The van der Waals surface area contributed by atoms with Crippen LogP contribution in [0.1, 0.15) is 25.7 Å². The number of aromatic nitrogens is 2. The van der Waals surface area contributed by atoms with Crippen molar-refractivity contribution in [2.45, 2.75) is 32.2 Å². The summed E-state index contributed by atoms with van der Waals surface area (Å²) in [7, 11) is 0. The van der Waals surface area contributed by atoms with Crippen molar-refractivity contribution in [2.75, 3.05) is 0 Å². The van der Waals surface area contributed by atoms with Gasteiger partial charge in [-0.2, -0.15) is 0 Å². The Morgan fingerprint density at radius 1 is 1.31 bits per heavy atom. The summed E-state index contributed by atoms with van der Waals surface area (Å²) in [6.45, 7) is 0.328. The summed E-state index contributed by atoms with van der Waals surface area (Å²) in [6.07, 6.45) is 3.31. The predicted molar refractivity (Wildman–Crippen MR) is 57.4 cm³/mol. The van der Waals surface area contributed by atoms with Crippen LogP contribution in [0.15, 0.2) is 21.9 Å². The molecular formula is C10H14N2O4. The van der Waals surface area contributed by atoms with Crippen molar-refractivity contribution >= 4 is 5.97 Å². The minimum Gasteiger partial charge on any atom is -0.481 e. The Balaban J connectivity index is 2.41. The molecule has 1 aromatic heterocycles. The first-order chi connectivity index (χ1) is 7.61. The molecule has 0 saturated carbocycles. The topological polar surface area (TPSA) is 92.2 Å². The van der Waals surface area contributed by atoms with Crippen LogP contribution < -0.4 is 11.2 Å². The van der Waals surface area contributed by atoms with E-state index in [1.807, 2.05) is 0 Å². The van der Waals surface area contributed by atoms with E-state index in [0.717, 1.165) is 4.57 Å². The van der Waals surface area contributed by atoms with E-state index in [-0.39, 0.29) is 12.0 Å². The quantitative estimate of drug-likeness (QED) is 0.677. The summed E-state index contributed by atoms with van der Waals surface area (Å²) in [5.41, 5.74) is -0.757. The number of nitrogens with one attached hydrogen (secondary N) is 1. The maximum atomic E-state index is 11.3. The smallest absolute Gasteiger partial charge is 0.328 e. The first kappa shape index (κ1) is 12.2. The third-order valence-corrected chi connectivity index (χ3v) is 2.22. The average molecular weight is 226 g/mol. The fourth-order valence-electron chi connectivity index (χ4n) is 1.39. The molecule has 0 aliphatic heterocycles. The number of hydrogen-bond acceptors (Lipinski definition) is 3. The Labute approximate surface area is 91.5 Å². The minimum atomic E-state index is -0.824. The molecule has 6 nitrogen and oxygen atoms in total. The fraction of sp³-hybridized carbons (Fsp3) is 0.500. The normalized spacial score (nSPS) is 10.2. The maximum Gasteiger partial charge on any atom is 0.328 e. The van der Waals surface area contributed by atoms with Crippen LogP contribution in [0.2, 0.25) is 0 Å². The molecule has 0 atom stereocenters. The van der Waals surface area contributed by atoms with Gasteiger partial charge in [0.05, 0.1) is 0 Å². The SMILES string of the molecule is O=C(O)CCCCCn1c(=O)cc[nH]c1=O. The number of aromatic amines is 1. The fourth-order valence-corrected chi connectivity index (χ4v) is 1.39. The molecule has 0 spiro atoms. The number of hydrogen-bond donors (Lipinski definition) is 2. The number of H-pyrrole nitrogens is 1. The molecule has 0 amide bonds. The Kier molecular flexibility index (Phi) is 4.50. The van der Waals surface area contributed by atoms with Crippen molar-refractivity contribution in [3.05, 3.63) is 33.1 Å². The molecule has 0 aromatic carbocycles. The van der Waals surface area contributed by atoms with Gasteiger partial charge in [0.1, 0.15) is 0 Å². The zero-order valence-corrected chi connectivity index (χ0v) is 8.81. The zero-order valence-electron chi connectivity index (χ0n) is 8.81. The van der Waals surface area contributed by atoms with Gasteiger partial charge in [-0.3, -0.25) is 14.2 Å². The third-order valence-electron chi connectivity index (χ3n) is 2.22. The lowest BCUT2D eigenvalue weighted by Gasteiger charge is -2.02. The van der Waals surface area contributed by atoms with Gasteiger partial charge in [0.2, 0.25) is 0 Å². The highest BCUT2D eigenvalue weighted by Gasteiger charge is 2.00. The van der Waals surface area contributed by atoms with Gasteiger partial charge in [0.25, 0.3) is 5.56 Å². The van der Waals surface area contributed by atoms with E-state index in [4.69, 9.17) is 5.11 Å². The number of rotatable bonds is 6. The number of carboxylic acids is 1.